The van der Waals surface area contributed by atoms with E-state index in [-0.39, 0.29) is 6.10 Å². The molecule has 1 aliphatic heterocycles. The van der Waals surface area contributed by atoms with Crippen molar-refractivity contribution in [3.05, 3.63) is 11.6 Å². The standard InChI is InChI=1S/C23H35IO2/c1-13-19(24)12-26-20-11-18-16-5-4-14-10-15(25)6-8-22(14,2)17(16)7-9-23(18,3)21(13)20/h4,13,15-21,25H,5-12H2,1-3H3/t13-,15+,16-,17?,18+,19?,20?,21?,22+,23+/m1/s1. The van der Waals surface area contributed by atoms with Crippen LogP contribution in [0.1, 0.15) is 65.7 Å². The number of ether oxygens (including phenoxy) is 1. The fourth-order valence-corrected chi connectivity index (χ4v) is 9.03. The molecule has 3 saturated carbocycles. The number of aliphatic hydroxyl groups is 1. The average molecular weight is 470 g/mol. The third-order valence-corrected chi connectivity index (χ3v) is 11.3. The van der Waals surface area contributed by atoms with Crippen molar-refractivity contribution in [3.63, 3.8) is 0 Å². The van der Waals surface area contributed by atoms with Crippen molar-refractivity contribution >= 4 is 22.6 Å². The normalized spacial score (nSPS) is 58.9. The van der Waals surface area contributed by atoms with Gasteiger partial charge in [-0.1, -0.05) is 55.0 Å². The van der Waals surface area contributed by atoms with E-state index in [0.717, 1.165) is 49.0 Å². The number of hydrogen-bond donors (Lipinski definition) is 1. The summed E-state index contributed by atoms with van der Waals surface area (Å²) in [4.78, 5) is 0. The Hall–Kier alpha value is 0.390. The smallest absolute Gasteiger partial charge is 0.0615 e. The molecule has 0 aromatic heterocycles. The van der Waals surface area contributed by atoms with Crippen molar-refractivity contribution in [3.8, 4) is 0 Å². The maximum absolute atomic E-state index is 10.2. The van der Waals surface area contributed by atoms with Gasteiger partial charge in [-0.3, -0.25) is 0 Å². The molecule has 10 atom stereocenters. The van der Waals surface area contributed by atoms with Gasteiger partial charge in [-0.2, -0.15) is 0 Å². The van der Waals surface area contributed by atoms with E-state index in [0.29, 0.717) is 20.9 Å². The fraction of sp³-hybridized carbons (Fsp3) is 0.913. The lowest BCUT2D eigenvalue weighted by atomic mass is 9.47. The molecule has 4 fully saturated rings. The van der Waals surface area contributed by atoms with Gasteiger partial charge in [0.15, 0.2) is 0 Å². The van der Waals surface area contributed by atoms with Gasteiger partial charge in [-0.15, -0.1) is 0 Å². The second kappa shape index (κ2) is 6.19. The van der Waals surface area contributed by atoms with Gasteiger partial charge in [-0.25, -0.2) is 0 Å². The molecule has 4 unspecified atom stereocenters. The third-order valence-electron chi connectivity index (χ3n) is 9.77. The van der Waals surface area contributed by atoms with Gasteiger partial charge in [-0.05, 0) is 85.4 Å². The highest BCUT2D eigenvalue weighted by Gasteiger charge is 2.63. The fourth-order valence-electron chi connectivity index (χ4n) is 8.37. The minimum atomic E-state index is -0.0936. The molecule has 0 aromatic rings. The highest BCUT2D eigenvalue weighted by molar-refractivity contribution is 14.1. The second-order valence-corrected chi connectivity index (χ2v) is 12.3. The van der Waals surface area contributed by atoms with Gasteiger partial charge in [0.25, 0.3) is 0 Å². The molecule has 2 nitrogen and oxygen atoms in total. The van der Waals surface area contributed by atoms with E-state index in [2.05, 4.69) is 49.4 Å². The topological polar surface area (TPSA) is 29.5 Å². The van der Waals surface area contributed by atoms with Gasteiger partial charge in [0, 0.05) is 3.92 Å². The lowest BCUT2D eigenvalue weighted by Crippen LogP contribution is -2.52. The van der Waals surface area contributed by atoms with Gasteiger partial charge in [0.2, 0.25) is 0 Å². The predicted molar refractivity (Wildman–Crippen MR) is 113 cm³/mol. The maximum Gasteiger partial charge on any atom is 0.0615 e. The van der Waals surface area contributed by atoms with Crippen molar-refractivity contribution in [1.82, 2.24) is 0 Å². The molecule has 1 saturated heterocycles. The van der Waals surface area contributed by atoms with E-state index in [1.54, 1.807) is 5.57 Å². The number of hydrogen-bond acceptors (Lipinski definition) is 2. The molecule has 5 aliphatic rings. The quantitative estimate of drug-likeness (QED) is 0.293. The summed E-state index contributed by atoms with van der Waals surface area (Å²) in [5.41, 5.74) is 2.42. The number of fused-ring (bicyclic) bond motifs is 7. The van der Waals surface area contributed by atoms with E-state index in [1.165, 1.54) is 32.1 Å². The predicted octanol–water partition coefficient (Wildman–Crippen LogP) is 5.37. The Balaban J connectivity index is 1.48. The number of rotatable bonds is 0. The van der Waals surface area contributed by atoms with Gasteiger partial charge < -0.3 is 9.84 Å². The van der Waals surface area contributed by atoms with E-state index in [9.17, 15) is 5.11 Å². The zero-order valence-electron chi connectivity index (χ0n) is 16.6. The highest BCUT2D eigenvalue weighted by Crippen LogP contribution is 2.68. The number of halogens is 1. The highest BCUT2D eigenvalue weighted by atomic mass is 127. The monoisotopic (exact) mass is 470 g/mol. The van der Waals surface area contributed by atoms with Crippen LogP contribution in [-0.2, 0) is 4.74 Å². The lowest BCUT2D eigenvalue weighted by Gasteiger charge is -2.58. The molecule has 1 heterocycles. The first-order chi connectivity index (χ1) is 12.3. The van der Waals surface area contributed by atoms with E-state index >= 15 is 0 Å². The molecule has 26 heavy (non-hydrogen) atoms. The van der Waals surface area contributed by atoms with Crippen LogP contribution in [0.15, 0.2) is 11.6 Å². The summed E-state index contributed by atoms with van der Waals surface area (Å²) in [6.07, 6.45) is 11.4. The summed E-state index contributed by atoms with van der Waals surface area (Å²) in [5, 5.41) is 10.2. The molecular weight excluding hydrogens is 435 g/mol. The first-order valence-electron chi connectivity index (χ1n) is 11.0. The van der Waals surface area contributed by atoms with Crippen LogP contribution in [0.2, 0.25) is 0 Å². The van der Waals surface area contributed by atoms with Crippen molar-refractivity contribution in [2.24, 2.45) is 40.4 Å². The molecule has 3 heteroatoms. The van der Waals surface area contributed by atoms with E-state index < -0.39 is 0 Å². The minimum Gasteiger partial charge on any atom is -0.393 e. The minimum absolute atomic E-state index is 0.0936. The van der Waals surface area contributed by atoms with Gasteiger partial charge >= 0.3 is 0 Å². The largest absolute Gasteiger partial charge is 0.393 e. The Morgan fingerprint density at radius 2 is 2.00 bits per heavy atom. The van der Waals surface area contributed by atoms with Crippen LogP contribution in [0, 0.1) is 40.4 Å². The molecule has 146 valence electrons. The van der Waals surface area contributed by atoms with Crippen molar-refractivity contribution < 1.29 is 9.84 Å². The van der Waals surface area contributed by atoms with Crippen molar-refractivity contribution in [2.45, 2.75) is 81.8 Å². The van der Waals surface area contributed by atoms with E-state index in [4.69, 9.17) is 4.74 Å². The number of alkyl halides is 1. The number of allylic oxidation sites excluding steroid dienone is 1. The van der Waals surface area contributed by atoms with Crippen LogP contribution in [0.4, 0.5) is 0 Å². The zero-order valence-corrected chi connectivity index (χ0v) is 18.7. The molecule has 0 aromatic carbocycles. The van der Waals surface area contributed by atoms with Crippen LogP contribution < -0.4 is 0 Å². The van der Waals surface area contributed by atoms with Crippen LogP contribution in [0.5, 0.6) is 0 Å². The first-order valence-corrected chi connectivity index (χ1v) is 12.2. The molecule has 0 bridgehead atoms. The summed E-state index contributed by atoms with van der Waals surface area (Å²) < 4.78 is 7.09. The SMILES string of the molecule is C[C@@H]1C(I)COC2C[C@H]3[C@@H]4CC=C5C[C@@H](O)CC[C@]5(C)C4CC[C@]3(C)C21. The lowest BCUT2D eigenvalue weighted by molar-refractivity contribution is -0.0845. The second-order valence-electron chi connectivity index (χ2n) is 10.7. The molecule has 0 amide bonds. The zero-order chi connectivity index (χ0) is 18.3. The Morgan fingerprint density at radius 3 is 2.81 bits per heavy atom. The molecule has 4 aliphatic carbocycles. The van der Waals surface area contributed by atoms with Crippen molar-refractivity contribution in [1.29, 1.82) is 0 Å². The van der Waals surface area contributed by atoms with Crippen molar-refractivity contribution in [2.75, 3.05) is 6.61 Å². The summed E-state index contributed by atoms with van der Waals surface area (Å²) in [6.45, 7) is 8.62. The Morgan fingerprint density at radius 1 is 1.19 bits per heavy atom. The molecule has 0 spiro atoms. The Labute approximate surface area is 172 Å². The average Bonchev–Trinajstić information content (AvgIpc) is 2.92. The molecule has 0 radical (unpaired) electrons. The van der Waals surface area contributed by atoms with Gasteiger partial charge in [0.05, 0.1) is 18.8 Å². The first kappa shape index (κ1) is 18.4. The van der Waals surface area contributed by atoms with Crippen LogP contribution >= 0.6 is 22.6 Å². The van der Waals surface area contributed by atoms with Crippen LogP contribution in [-0.4, -0.2) is 27.8 Å². The number of aliphatic hydroxyl groups excluding tert-OH is 1. The summed E-state index contributed by atoms with van der Waals surface area (Å²) >= 11 is 2.64. The summed E-state index contributed by atoms with van der Waals surface area (Å²) in [7, 11) is 0. The summed E-state index contributed by atoms with van der Waals surface area (Å²) in [6, 6.07) is 0. The van der Waals surface area contributed by atoms with Gasteiger partial charge in [0.1, 0.15) is 0 Å². The van der Waals surface area contributed by atoms with E-state index in [1.807, 2.05) is 0 Å². The molecular formula is C23H35IO2. The Kier molecular flexibility index (Phi) is 4.39. The third kappa shape index (κ3) is 2.41. The summed E-state index contributed by atoms with van der Waals surface area (Å²) in [5.74, 6) is 4.05. The molecule has 5 rings (SSSR count). The maximum atomic E-state index is 10.2. The molecule has 1 N–H and O–H groups in total. The Bertz CT molecular complexity index is 617. The van der Waals surface area contributed by atoms with Crippen LogP contribution in [0.3, 0.4) is 0 Å². The van der Waals surface area contributed by atoms with Crippen LogP contribution in [0.25, 0.3) is 0 Å².